The van der Waals surface area contributed by atoms with Crippen LogP contribution in [-0.4, -0.2) is 37.0 Å². The van der Waals surface area contributed by atoms with E-state index in [2.05, 4.69) is 64.7 Å². The topological polar surface area (TPSA) is 46.6 Å². The van der Waals surface area contributed by atoms with Gasteiger partial charge in [-0.3, -0.25) is 9.69 Å². The van der Waals surface area contributed by atoms with Crippen molar-refractivity contribution in [1.82, 2.24) is 4.90 Å². The van der Waals surface area contributed by atoms with Crippen molar-refractivity contribution in [2.24, 2.45) is 11.8 Å². The number of amides is 1. The summed E-state index contributed by atoms with van der Waals surface area (Å²) in [4.78, 5) is 27.6. The second kappa shape index (κ2) is 8.93. The Balaban J connectivity index is 1.85. The molecular formula is C26H39NO3Si. The van der Waals surface area contributed by atoms with Crippen LogP contribution >= 0.6 is 0 Å². The second-order valence-electron chi connectivity index (χ2n) is 11.2. The van der Waals surface area contributed by atoms with E-state index in [1.165, 1.54) is 5.56 Å². The molecule has 1 aromatic rings. The van der Waals surface area contributed by atoms with Gasteiger partial charge in [-0.15, -0.1) is 0 Å². The van der Waals surface area contributed by atoms with Crippen LogP contribution in [0, 0.1) is 11.8 Å². The number of ketones is 1. The maximum Gasteiger partial charge on any atom is 0.414 e. The summed E-state index contributed by atoms with van der Waals surface area (Å²) in [6.07, 6.45) is 4.84. The highest BCUT2D eigenvalue weighted by molar-refractivity contribution is 6.87. The number of carbonyl (C=O) groups excluding carboxylic acids is 2. The maximum atomic E-state index is 13.3. The largest absolute Gasteiger partial charge is 0.446 e. The highest BCUT2D eigenvalue weighted by Crippen LogP contribution is 2.44. The first-order valence-corrected chi connectivity index (χ1v) is 15.2. The molecule has 1 fully saturated rings. The van der Waals surface area contributed by atoms with Gasteiger partial charge in [-0.1, -0.05) is 77.2 Å². The van der Waals surface area contributed by atoms with Gasteiger partial charge in [0.2, 0.25) is 0 Å². The third-order valence-electron chi connectivity index (χ3n) is 7.29. The van der Waals surface area contributed by atoms with E-state index in [-0.39, 0.29) is 35.4 Å². The fraction of sp³-hybridized carbons (Fsp3) is 0.615. The highest BCUT2D eigenvalue weighted by Gasteiger charge is 2.43. The summed E-state index contributed by atoms with van der Waals surface area (Å²) in [7, 11) is -1.83. The van der Waals surface area contributed by atoms with Gasteiger partial charge < -0.3 is 4.74 Å². The molecular weight excluding hydrogens is 402 g/mol. The molecule has 1 heterocycles. The molecule has 0 unspecified atom stereocenters. The van der Waals surface area contributed by atoms with Crippen molar-refractivity contribution in [2.75, 3.05) is 0 Å². The number of rotatable bonds is 4. The summed E-state index contributed by atoms with van der Waals surface area (Å²) in [5.41, 5.74) is 1.20. The minimum atomic E-state index is -1.83. The molecule has 0 spiro atoms. The Bertz CT molecular complexity index is 840. The van der Waals surface area contributed by atoms with Crippen LogP contribution in [0.5, 0.6) is 0 Å². The fourth-order valence-electron chi connectivity index (χ4n) is 5.22. The molecule has 4 nitrogen and oxygen atoms in total. The van der Waals surface area contributed by atoms with E-state index in [0.29, 0.717) is 12.3 Å². The monoisotopic (exact) mass is 441 g/mol. The van der Waals surface area contributed by atoms with Crippen LogP contribution in [0.1, 0.15) is 58.9 Å². The van der Waals surface area contributed by atoms with Gasteiger partial charge in [-0.25, -0.2) is 4.79 Å². The minimum absolute atomic E-state index is 0.0881. The molecule has 1 saturated carbocycles. The lowest BCUT2D eigenvalue weighted by atomic mass is 9.64. The summed E-state index contributed by atoms with van der Waals surface area (Å²) in [5.74, 6) is 0.983. The van der Waals surface area contributed by atoms with E-state index in [4.69, 9.17) is 4.74 Å². The number of Topliss-reactive ketones (excluding diaryl/α,β-unsaturated/α-hetero) is 1. The van der Waals surface area contributed by atoms with Crippen molar-refractivity contribution in [3.63, 3.8) is 0 Å². The third kappa shape index (κ3) is 5.13. The molecule has 0 radical (unpaired) electrons. The van der Waals surface area contributed by atoms with Crippen molar-refractivity contribution < 1.29 is 14.3 Å². The zero-order valence-corrected chi connectivity index (χ0v) is 21.3. The maximum absolute atomic E-state index is 13.3. The Labute approximate surface area is 189 Å². The zero-order chi connectivity index (χ0) is 23.0. The molecule has 3 rings (SSSR count). The molecule has 1 aromatic carbocycles. The SMILES string of the molecule is C[C@@H]1CC[C@@H](C(C)(C)c2ccccc2)[C@H](OC(=O)N2C=C([Si](C)(C)C)C(=O)C[C@@H]2C)C1. The molecule has 0 aromatic heterocycles. The van der Waals surface area contributed by atoms with E-state index < -0.39 is 8.07 Å². The van der Waals surface area contributed by atoms with Crippen LogP contribution in [0.15, 0.2) is 41.7 Å². The number of ether oxygens (including phenoxy) is 1. The highest BCUT2D eigenvalue weighted by atomic mass is 28.3. The Hall–Kier alpha value is -1.88. The van der Waals surface area contributed by atoms with Crippen molar-refractivity contribution in [1.29, 1.82) is 0 Å². The molecule has 5 heteroatoms. The molecule has 4 atom stereocenters. The van der Waals surface area contributed by atoms with Crippen LogP contribution in [0.2, 0.25) is 19.6 Å². The minimum Gasteiger partial charge on any atom is -0.446 e. The van der Waals surface area contributed by atoms with Crippen molar-refractivity contribution >= 4 is 20.0 Å². The van der Waals surface area contributed by atoms with Crippen LogP contribution < -0.4 is 0 Å². The molecule has 0 N–H and O–H groups in total. The van der Waals surface area contributed by atoms with E-state index in [9.17, 15) is 9.59 Å². The summed E-state index contributed by atoms with van der Waals surface area (Å²) in [5, 5.41) is 0.834. The molecule has 1 aliphatic carbocycles. The average molecular weight is 442 g/mol. The lowest BCUT2D eigenvalue weighted by Crippen LogP contribution is -2.48. The lowest BCUT2D eigenvalue weighted by molar-refractivity contribution is -0.116. The summed E-state index contributed by atoms with van der Waals surface area (Å²) >= 11 is 0. The molecule has 1 aliphatic heterocycles. The average Bonchev–Trinajstić information content (AvgIpc) is 2.67. The number of hydrogen-bond acceptors (Lipinski definition) is 3. The van der Waals surface area contributed by atoms with Gasteiger partial charge in [0.1, 0.15) is 6.10 Å². The normalized spacial score (nSPS) is 27.6. The van der Waals surface area contributed by atoms with Gasteiger partial charge in [-0.2, -0.15) is 0 Å². The number of allylic oxidation sites excluding steroid dienone is 1. The summed E-state index contributed by atoms with van der Waals surface area (Å²) in [6.45, 7) is 15.2. The van der Waals surface area contributed by atoms with E-state index in [1.807, 2.05) is 13.0 Å². The van der Waals surface area contributed by atoms with E-state index >= 15 is 0 Å². The standard InChI is InChI=1S/C26H39NO3Si/c1-18-13-14-21(26(3,4)20-11-9-8-10-12-20)23(15-18)30-25(29)27-17-24(31(5,6)7)22(28)16-19(27)2/h8-12,17-19,21,23H,13-16H2,1-7H3/t18-,19+,21-,23-/m1/s1. The smallest absolute Gasteiger partial charge is 0.414 e. The van der Waals surface area contributed by atoms with Crippen LogP contribution in [0.25, 0.3) is 0 Å². The molecule has 0 saturated heterocycles. The van der Waals surface area contributed by atoms with Gasteiger partial charge >= 0.3 is 6.09 Å². The zero-order valence-electron chi connectivity index (χ0n) is 20.3. The van der Waals surface area contributed by atoms with E-state index in [1.54, 1.807) is 11.1 Å². The third-order valence-corrected chi connectivity index (χ3v) is 9.32. The second-order valence-corrected chi connectivity index (χ2v) is 16.2. The lowest BCUT2D eigenvalue weighted by Gasteiger charge is -2.44. The quantitative estimate of drug-likeness (QED) is 0.513. The van der Waals surface area contributed by atoms with E-state index in [0.717, 1.165) is 24.5 Å². The van der Waals surface area contributed by atoms with Gasteiger partial charge in [0.25, 0.3) is 0 Å². The Morgan fingerprint density at radius 3 is 2.35 bits per heavy atom. The first-order valence-electron chi connectivity index (χ1n) is 11.7. The fourth-order valence-corrected chi connectivity index (χ4v) is 6.68. The predicted molar refractivity (Wildman–Crippen MR) is 129 cm³/mol. The molecule has 31 heavy (non-hydrogen) atoms. The predicted octanol–water partition coefficient (Wildman–Crippen LogP) is 6.33. The summed E-state index contributed by atoms with van der Waals surface area (Å²) < 4.78 is 6.23. The Kier molecular flexibility index (Phi) is 6.85. The summed E-state index contributed by atoms with van der Waals surface area (Å²) in [6, 6.07) is 10.4. The van der Waals surface area contributed by atoms with Crippen molar-refractivity contribution in [2.45, 2.75) is 90.6 Å². The van der Waals surface area contributed by atoms with Gasteiger partial charge in [0, 0.05) is 24.6 Å². The number of hydrogen-bond donors (Lipinski definition) is 0. The number of nitrogens with zero attached hydrogens (tertiary/aromatic N) is 1. The van der Waals surface area contributed by atoms with Crippen molar-refractivity contribution in [3.8, 4) is 0 Å². The van der Waals surface area contributed by atoms with Crippen molar-refractivity contribution in [3.05, 3.63) is 47.3 Å². The Morgan fingerprint density at radius 1 is 1.10 bits per heavy atom. The van der Waals surface area contributed by atoms with Crippen LogP contribution in [0.3, 0.4) is 0 Å². The first kappa shape index (κ1) is 23.8. The van der Waals surface area contributed by atoms with Crippen LogP contribution in [-0.2, 0) is 14.9 Å². The number of benzene rings is 1. The van der Waals surface area contributed by atoms with Gasteiger partial charge in [-0.05, 0) is 41.9 Å². The molecule has 2 aliphatic rings. The van der Waals surface area contributed by atoms with Gasteiger partial charge in [0.15, 0.2) is 5.78 Å². The Morgan fingerprint density at radius 2 is 1.74 bits per heavy atom. The molecule has 1 amide bonds. The van der Waals surface area contributed by atoms with Crippen LogP contribution in [0.4, 0.5) is 4.79 Å². The first-order chi connectivity index (χ1) is 14.4. The number of carbonyl (C=O) groups is 2. The molecule has 170 valence electrons. The van der Waals surface area contributed by atoms with Gasteiger partial charge in [0.05, 0.1) is 8.07 Å². The molecule has 0 bridgehead atoms.